The summed E-state index contributed by atoms with van der Waals surface area (Å²) in [6.45, 7) is 3.53. The van der Waals surface area contributed by atoms with Gasteiger partial charge in [0.2, 0.25) is 0 Å². The Morgan fingerprint density at radius 1 is 1.45 bits per heavy atom. The van der Waals surface area contributed by atoms with Crippen molar-refractivity contribution >= 4 is 13.4 Å². The Morgan fingerprint density at radius 2 is 2.09 bits per heavy atom. The molecule has 0 aliphatic carbocycles. The van der Waals surface area contributed by atoms with Gasteiger partial charge in [0.05, 0.1) is 19.4 Å². The molecule has 10 heteroatoms. The predicted octanol–water partition coefficient (Wildman–Crippen LogP) is 0.395. The summed E-state index contributed by atoms with van der Waals surface area (Å²) in [6.07, 6.45) is 1.40. The van der Waals surface area contributed by atoms with Crippen molar-refractivity contribution in [2.75, 3.05) is 25.6 Å². The number of aliphatic hydroxyl groups is 1. The minimum atomic E-state index is -3.38. The fourth-order valence-electron chi connectivity index (χ4n) is 1.40. The van der Waals surface area contributed by atoms with Crippen molar-refractivity contribution in [3.05, 3.63) is 34.6 Å². The highest BCUT2D eigenvalue weighted by Crippen LogP contribution is 2.49. The van der Waals surface area contributed by atoms with Crippen LogP contribution < -0.4 is 16.3 Å². The van der Waals surface area contributed by atoms with Crippen LogP contribution in [0.15, 0.2) is 29.0 Å². The number of hydrogen-bond donors (Lipinski definition) is 2. The number of nitrogens with two attached hydrogens (primary N) is 1. The van der Waals surface area contributed by atoms with E-state index in [0.717, 1.165) is 10.5 Å². The van der Waals surface area contributed by atoms with E-state index in [-0.39, 0.29) is 25.6 Å². The van der Waals surface area contributed by atoms with Gasteiger partial charge >= 0.3 is 13.3 Å². The summed E-state index contributed by atoms with van der Waals surface area (Å²) in [6, 6.07) is 1.38. The Bertz CT molecular complexity index is 593. The van der Waals surface area contributed by atoms with Gasteiger partial charge in [-0.05, 0) is 19.9 Å². The summed E-state index contributed by atoms with van der Waals surface area (Å²) in [5.74, 6) is 1.23. The number of nitrogens with zero attached hydrogens (tertiary/aromatic N) is 2. The maximum atomic E-state index is 12.1. The zero-order valence-corrected chi connectivity index (χ0v) is 13.3. The first-order valence-corrected chi connectivity index (χ1v) is 8.26. The van der Waals surface area contributed by atoms with Crippen LogP contribution in [-0.4, -0.2) is 40.7 Å². The third-order valence-corrected chi connectivity index (χ3v) is 4.06. The third kappa shape index (κ3) is 5.98. The normalized spacial score (nSPS) is 13.4. The molecule has 22 heavy (non-hydrogen) atoms. The predicted molar refractivity (Wildman–Crippen MR) is 80.4 cm³/mol. The van der Waals surface area contributed by atoms with Crippen molar-refractivity contribution in [1.82, 2.24) is 9.71 Å². The molecule has 1 rings (SSSR count). The zero-order valence-electron chi connectivity index (χ0n) is 12.4. The van der Waals surface area contributed by atoms with Gasteiger partial charge in [-0.3, -0.25) is 4.57 Å². The number of anilines is 1. The van der Waals surface area contributed by atoms with Crippen LogP contribution in [0.1, 0.15) is 13.8 Å². The molecule has 0 fully saturated rings. The summed E-state index contributed by atoms with van der Waals surface area (Å²) in [7, 11) is -3.38. The topological polar surface area (TPSA) is 126 Å². The SMILES string of the molecule is CCOP(=O)(/C=C/[C@@H](O)COn1ccc(N)nc1=O)OCC. The molecule has 124 valence electrons. The largest absolute Gasteiger partial charge is 0.406 e. The van der Waals surface area contributed by atoms with E-state index in [4.69, 9.17) is 19.6 Å². The number of nitrogen functional groups attached to an aromatic ring is 1. The number of rotatable bonds is 9. The van der Waals surface area contributed by atoms with Crippen molar-refractivity contribution in [3.8, 4) is 0 Å². The van der Waals surface area contributed by atoms with E-state index in [9.17, 15) is 14.5 Å². The van der Waals surface area contributed by atoms with Crippen molar-refractivity contribution in [2.24, 2.45) is 0 Å². The molecule has 0 bridgehead atoms. The molecule has 0 saturated heterocycles. The molecule has 0 saturated carbocycles. The Morgan fingerprint density at radius 3 is 2.64 bits per heavy atom. The lowest BCUT2D eigenvalue weighted by atomic mass is 10.4. The zero-order chi connectivity index (χ0) is 16.6. The first kappa shape index (κ1) is 18.4. The van der Waals surface area contributed by atoms with Crippen LogP contribution in [0.5, 0.6) is 0 Å². The van der Waals surface area contributed by atoms with Crippen LogP contribution in [0.2, 0.25) is 0 Å². The molecule has 0 radical (unpaired) electrons. The summed E-state index contributed by atoms with van der Waals surface area (Å²) in [4.78, 5) is 19.9. The van der Waals surface area contributed by atoms with Crippen LogP contribution in [-0.2, 0) is 13.6 Å². The fraction of sp³-hybridized carbons (Fsp3) is 0.500. The Kier molecular flexibility index (Phi) is 7.26. The lowest BCUT2D eigenvalue weighted by molar-refractivity contribution is 0.0399. The van der Waals surface area contributed by atoms with Crippen LogP contribution >= 0.6 is 7.60 Å². The van der Waals surface area contributed by atoms with Crippen LogP contribution in [0.25, 0.3) is 0 Å². The molecule has 1 atom stereocenters. The summed E-state index contributed by atoms with van der Waals surface area (Å²) < 4.78 is 23.0. The molecular formula is C12H20N3O6P. The summed E-state index contributed by atoms with van der Waals surface area (Å²) >= 11 is 0. The molecule has 0 unspecified atom stereocenters. The molecular weight excluding hydrogens is 313 g/mol. The highest BCUT2D eigenvalue weighted by molar-refractivity contribution is 7.57. The van der Waals surface area contributed by atoms with Crippen molar-refractivity contribution < 1.29 is 23.6 Å². The Labute approximate surface area is 127 Å². The van der Waals surface area contributed by atoms with Crippen molar-refractivity contribution in [3.63, 3.8) is 0 Å². The highest BCUT2D eigenvalue weighted by atomic mass is 31.2. The van der Waals surface area contributed by atoms with E-state index in [2.05, 4.69) is 4.98 Å². The van der Waals surface area contributed by atoms with Crippen LogP contribution in [0.3, 0.4) is 0 Å². The maximum absolute atomic E-state index is 12.1. The first-order valence-electron chi connectivity index (χ1n) is 6.65. The molecule has 0 spiro atoms. The van der Waals surface area contributed by atoms with Crippen LogP contribution in [0, 0.1) is 0 Å². The lowest BCUT2D eigenvalue weighted by Gasteiger charge is -2.14. The van der Waals surface area contributed by atoms with Gasteiger partial charge < -0.3 is 24.7 Å². The number of aromatic nitrogens is 2. The number of hydrogen-bond acceptors (Lipinski definition) is 8. The average Bonchev–Trinajstić information content (AvgIpc) is 2.45. The summed E-state index contributed by atoms with van der Waals surface area (Å²) in [5.41, 5.74) is 4.63. The van der Waals surface area contributed by atoms with Gasteiger partial charge in [-0.25, -0.2) is 4.79 Å². The fourth-order valence-corrected chi connectivity index (χ4v) is 2.78. The molecule has 0 aliphatic heterocycles. The maximum Gasteiger partial charge on any atom is 0.382 e. The van der Waals surface area contributed by atoms with E-state index in [1.54, 1.807) is 13.8 Å². The average molecular weight is 333 g/mol. The second-order valence-electron chi connectivity index (χ2n) is 4.04. The molecule has 0 amide bonds. The van der Waals surface area contributed by atoms with Gasteiger partial charge in [-0.15, -0.1) is 4.73 Å². The Balaban J connectivity index is 2.61. The minimum absolute atomic E-state index is 0.0691. The second-order valence-corrected chi connectivity index (χ2v) is 5.94. The highest BCUT2D eigenvalue weighted by Gasteiger charge is 2.19. The molecule has 1 heterocycles. The van der Waals surface area contributed by atoms with Gasteiger partial charge in [0.25, 0.3) is 0 Å². The van der Waals surface area contributed by atoms with E-state index in [0.29, 0.717) is 0 Å². The van der Waals surface area contributed by atoms with E-state index in [1.165, 1.54) is 18.3 Å². The van der Waals surface area contributed by atoms with Crippen molar-refractivity contribution in [1.29, 1.82) is 0 Å². The third-order valence-electron chi connectivity index (χ3n) is 2.29. The lowest BCUT2D eigenvalue weighted by Crippen LogP contribution is -2.32. The van der Waals surface area contributed by atoms with Gasteiger partial charge in [0.15, 0.2) is 0 Å². The molecule has 3 N–H and O–H groups in total. The minimum Gasteiger partial charge on any atom is -0.406 e. The van der Waals surface area contributed by atoms with Crippen molar-refractivity contribution in [2.45, 2.75) is 20.0 Å². The first-order chi connectivity index (χ1) is 10.4. The van der Waals surface area contributed by atoms with E-state index in [1.807, 2.05) is 0 Å². The number of aliphatic hydroxyl groups excluding tert-OH is 1. The molecule has 1 aromatic heterocycles. The smallest absolute Gasteiger partial charge is 0.382 e. The Hall–Kier alpha value is -1.67. The molecule has 0 aromatic carbocycles. The standard InChI is InChI=1S/C12H20N3O6P/c1-3-20-22(18,21-4-2)8-6-10(16)9-19-15-7-5-11(13)14-12(15)17/h5-8,10,16H,3-4,9H2,1-2H3,(H2,13,14,17)/b8-6+/t10-/m1/s1. The van der Waals surface area contributed by atoms with Gasteiger partial charge in [0, 0.05) is 11.9 Å². The van der Waals surface area contributed by atoms with E-state index >= 15 is 0 Å². The quantitative estimate of drug-likeness (QED) is 0.622. The summed E-state index contributed by atoms with van der Waals surface area (Å²) in [5, 5.41) is 9.75. The van der Waals surface area contributed by atoms with Crippen LogP contribution in [0.4, 0.5) is 5.82 Å². The molecule has 1 aromatic rings. The molecule has 0 aliphatic rings. The second kappa shape index (κ2) is 8.70. The van der Waals surface area contributed by atoms with Gasteiger partial charge in [-0.1, -0.05) is 0 Å². The van der Waals surface area contributed by atoms with Gasteiger partial charge in [-0.2, -0.15) is 4.98 Å². The molecule has 9 nitrogen and oxygen atoms in total. The monoisotopic (exact) mass is 333 g/mol. The van der Waals surface area contributed by atoms with Gasteiger partial charge in [0.1, 0.15) is 18.5 Å². The van der Waals surface area contributed by atoms with E-state index < -0.39 is 19.4 Å².